The number of thiazole rings is 1. The minimum atomic E-state index is -0.453. The first-order valence-corrected chi connectivity index (χ1v) is 8.42. The molecule has 7 heteroatoms. The van der Waals surface area contributed by atoms with Crippen molar-refractivity contribution >= 4 is 45.8 Å². The number of nitrogens with zero attached hydrogens (tertiary/aromatic N) is 2. The molecule has 2 aromatic rings. The normalized spacial score (nSPS) is 10.4. The SMILES string of the molecule is COC(=O)c1cc(I)cc(C(=O)N(C)Cc2nc(C)cs2)c1. The number of carbonyl (C=O) groups is 2. The van der Waals surface area contributed by atoms with Crippen molar-refractivity contribution in [1.29, 1.82) is 0 Å². The second-order valence-electron chi connectivity index (χ2n) is 4.76. The lowest BCUT2D eigenvalue weighted by Crippen LogP contribution is -2.26. The van der Waals surface area contributed by atoms with Gasteiger partial charge in [-0.1, -0.05) is 0 Å². The summed E-state index contributed by atoms with van der Waals surface area (Å²) in [5.41, 5.74) is 1.78. The van der Waals surface area contributed by atoms with E-state index < -0.39 is 5.97 Å². The molecule has 1 aromatic heterocycles. The smallest absolute Gasteiger partial charge is 0.337 e. The van der Waals surface area contributed by atoms with Crippen LogP contribution in [0.1, 0.15) is 31.4 Å². The molecule has 0 bridgehead atoms. The Labute approximate surface area is 146 Å². The monoisotopic (exact) mass is 430 g/mol. The van der Waals surface area contributed by atoms with E-state index in [0.29, 0.717) is 17.7 Å². The van der Waals surface area contributed by atoms with Crippen LogP contribution >= 0.6 is 33.9 Å². The highest BCUT2D eigenvalue weighted by molar-refractivity contribution is 14.1. The molecule has 0 fully saturated rings. The van der Waals surface area contributed by atoms with Crippen LogP contribution in [0.5, 0.6) is 0 Å². The van der Waals surface area contributed by atoms with Crippen molar-refractivity contribution in [3.63, 3.8) is 0 Å². The number of hydrogen-bond acceptors (Lipinski definition) is 5. The molecule has 0 unspecified atom stereocenters. The van der Waals surface area contributed by atoms with Gasteiger partial charge in [-0.2, -0.15) is 0 Å². The summed E-state index contributed by atoms with van der Waals surface area (Å²) in [6.45, 7) is 2.36. The van der Waals surface area contributed by atoms with Crippen molar-refractivity contribution in [1.82, 2.24) is 9.88 Å². The molecule has 0 saturated heterocycles. The third-order valence-electron chi connectivity index (χ3n) is 2.95. The summed E-state index contributed by atoms with van der Waals surface area (Å²) in [5, 5.41) is 2.83. The summed E-state index contributed by atoms with van der Waals surface area (Å²) in [7, 11) is 3.04. The summed E-state index contributed by atoms with van der Waals surface area (Å²) >= 11 is 3.60. The fourth-order valence-electron chi connectivity index (χ4n) is 1.92. The van der Waals surface area contributed by atoms with Gasteiger partial charge in [0.25, 0.3) is 5.91 Å². The van der Waals surface area contributed by atoms with Crippen LogP contribution in [-0.4, -0.2) is 35.9 Å². The Bertz CT molecular complexity index is 715. The van der Waals surface area contributed by atoms with E-state index in [-0.39, 0.29) is 5.91 Å². The Balaban J connectivity index is 2.21. The Hall–Kier alpha value is -1.48. The van der Waals surface area contributed by atoms with E-state index in [4.69, 9.17) is 4.74 Å². The number of ether oxygens (including phenoxy) is 1. The lowest BCUT2D eigenvalue weighted by Gasteiger charge is -2.16. The van der Waals surface area contributed by atoms with E-state index >= 15 is 0 Å². The summed E-state index contributed by atoms with van der Waals surface area (Å²) in [6.07, 6.45) is 0. The second kappa shape index (κ2) is 7.19. The van der Waals surface area contributed by atoms with Crippen LogP contribution in [0, 0.1) is 10.5 Å². The third-order valence-corrected chi connectivity index (χ3v) is 4.53. The second-order valence-corrected chi connectivity index (χ2v) is 6.95. The van der Waals surface area contributed by atoms with Crippen LogP contribution in [0.3, 0.4) is 0 Å². The van der Waals surface area contributed by atoms with Gasteiger partial charge in [0.1, 0.15) is 5.01 Å². The summed E-state index contributed by atoms with van der Waals surface area (Å²) in [6, 6.07) is 4.99. The van der Waals surface area contributed by atoms with Gasteiger partial charge < -0.3 is 9.64 Å². The van der Waals surface area contributed by atoms with Crippen molar-refractivity contribution in [2.45, 2.75) is 13.5 Å². The van der Waals surface area contributed by atoms with Crippen LogP contribution < -0.4 is 0 Å². The molecule has 0 aliphatic rings. The Morgan fingerprint density at radius 3 is 2.59 bits per heavy atom. The molecule has 0 aliphatic carbocycles. The zero-order chi connectivity index (χ0) is 16.3. The van der Waals surface area contributed by atoms with Crippen molar-refractivity contribution in [3.05, 3.63) is 49.0 Å². The first-order valence-electron chi connectivity index (χ1n) is 6.46. The quantitative estimate of drug-likeness (QED) is 0.553. The zero-order valence-electron chi connectivity index (χ0n) is 12.4. The van der Waals surface area contributed by atoms with Crippen LogP contribution in [-0.2, 0) is 11.3 Å². The fraction of sp³-hybridized carbons (Fsp3) is 0.267. The van der Waals surface area contributed by atoms with Gasteiger partial charge in [-0.05, 0) is 47.7 Å². The summed E-state index contributed by atoms with van der Waals surface area (Å²) in [4.78, 5) is 30.1. The van der Waals surface area contributed by atoms with E-state index in [9.17, 15) is 9.59 Å². The van der Waals surface area contributed by atoms with Crippen LogP contribution in [0.15, 0.2) is 23.6 Å². The molecule has 5 nitrogen and oxygen atoms in total. The number of hydrogen-bond donors (Lipinski definition) is 0. The number of carbonyl (C=O) groups excluding carboxylic acids is 2. The highest BCUT2D eigenvalue weighted by Crippen LogP contribution is 2.17. The maximum Gasteiger partial charge on any atom is 0.337 e. The maximum absolute atomic E-state index is 12.5. The number of rotatable bonds is 4. The van der Waals surface area contributed by atoms with Crippen molar-refractivity contribution in [2.75, 3.05) is 14.2 Å². The molecule has 0 saturated carbocycles. The van der Waals surface area contributed by atoms with Gasteiger partial charge in [-0.25, -0.2) is 9.78 Å². The number of benzene rings is 1. The van der Waals surface area contributed by atoms with E-state index in [1.807, 2.05) is 12.3 Å². The molecule has 0 N–H and O–H groups in total. The molecule has 116 valence electrons. The van der Waals surface area contributed by atoms with Crippen LogP contribution in [0.4, 0.5) is 0 Å². The van der Waals surface area contributed by atoms with Crippen LogP contribution in [0.25, 0.3) is 0 Å². The van der Waals surface area contributed by atoms with Gasteiger partial charge in [0.15, 0.2) is 0 Å². The standard InChI is InChI=1S/C15H15IN2O3S/c1-9-8-22-13(17-9)7-18(2)14(19)10-4-11(15(20)21-3)6-12(16)5-10/h4-6,8H,7H2,1-3H3. The molecular weight excluding hydrogens is 415 g/mol. The number of amides is 1. The van der Waals surface area contributed by atoms with E-state index in [2.05, 4.69) is 27.6 Å². The largest absolute Gasteiger partial charge is 0.465 e. The zero-order valence-corrected chi connectivity index (χ0v) is 15.4. The van der Waals surface area contributed by atoms with Crippen molar-refractivity contribution in [2.24, 2.45) is 0 Å². The molecule has 0 aliphatic heterocycles. The van der Waals surface area contributed by atoms with E-state index in [1.54, 1.807) is 30.1 Å². The van der Waals surface area contributed by atoms with Gasteiger partial charge in [0, 0.05) is 27.3 Å². The van der Waals surface area contributed by atoms with Crippen molar-refractivity contribution in [3.8, 4) is 0 Å². The number of halogens is 1. The highest BCUT2D eigenvalue weighted by atomic mass is 127. The molecule has 2 rings (SSSR count). The highest BCUT2D eigenvalue weighted by Gasteiger charge is 2.17. The Morgan fingerprint density at radius 2 is 2.00 bits per heavy atom. The summed E-state index contributed by atoms with van der Waals surface area (Å²) in [5.74, 6) is -0.609. The van der Waals surface area contributed by atoms with Gasteiger partial charge >= 0.3 is 5.97 Å². The topological polar surface area (TPSA) is 59.5 Å². The minimum Gasteiger partial charge on any atom is -0.465 e. The van der Waals surface area contributed by atoms with Crippen LogP contribution in [0.2, 0.25) is 0 Å². The number of esters is 1. The predicted octanol–water partition coefficient (Wildman–Crippen LogP) is 3.11. The lowest BCUT2D eigenvalue weighted by molar-refractivity contribution is 0.0600. The molecule has 1 amide bonds. The predicted molar refractivity (Wildman–Crippen MR) is 93.1 cm³/mol. The Morgan fingerprint density at radius 1 is 1.32 bits per heavy atom. The molecular formula is C15H15IN2O3S. The molecule has 0 atom stereocenters. The first kappa shape index (κ1) is 16.9. The summed E-state index contributed by atoms with van der Waals surface area (Å²) < 4.78 is 5.52. The van der Waals surface area contributed by atoms with Gasteiger partial charge in [0.05, 0.1) is 19.2 Å². The van der Waals surface area contributed by atoms with Gasteiger partial charge in [-0.15, -0.1) is 11.3 Å². The number of methoxy groups -OCH3 is 1. The first-order chi connectivity index (χ1) is 10.4. The molecule has 1 heterocycles. The average Bonchev–Trinajstić information content (AvgIpc) is 2.89. The van der Waals surface area contributed by atoms with Gasteiger partial charge in [-0.3, -0.25) is 4.79 Å². The maximum atomic E-state index is 12.5. The molecule has 0 spiro atoms. The van der Waals surface area contributed by atoms with E-state index in [0.717, 1.165) is 14.3 Å². The number of aromatic nitrogens is 1. The van der Waals surface area contributed by atoms with E-state index in [1.165, 1.54) is 18.4 Å². The Kier molecular flexibility index (Phi) is 5.52. The minimum absolute atomic E-state index is 0.156. The lowest BCUT2D eigenvalue weighted by atomic mass is 10.1. The molecule has 22 heavy (non-hydrogen) atoms. The molecule has 0 radical (unpaired) electrons. The average molecular weight is 430 g/mol. The third kappa shape index (κ3) is 4.04. The van der Waals surface area contributed by atoms with Gasteiger partial charge in [0.2, 0.25) is 0 Å². The molecule has 1 aromatic carbocycles. The number of aryl methyl sites for hydroxylation is 1. The van der Waals surface area contributed by atoms with Crippen molar-refractivity contribution < 1.29 is 14.3 Å². The fourth-order valence-corrected chi connectivity index (χ4v) is 3.41.